The number of carbonyl (C=O) groups is 1. The summed E-state index contributed by atoms with van der Waals surface area (Å²) in [4.78, 5) is 14.4. The van der Waals surface area contributed by atoms with E-state index in [0.717, 1.165) is 10.4 Å². The first-order chi connectivity index (χ1) is 12.9. The lowest BCUT2D eigenvalue weighted by molar-refractivity contribution is -0.184. The largest absolute Gasteiger partial charge is 0.405 e. The Kier molecular flexibility index (Phi) is 7.72. The highest BCUT2D eigenvalue weighted by Crippen LogP contribution is 2.24. The number of tetrazole rings is 1. The molecule has 1 aromatic carbocycles. The normalized spacial score (nSPS) is 16.2. The van der Waals surface area contributed by atoms with Gasteiger partial charge in [-0.3, -0.25) is 9.69 Å². The minimum Gasteiger partial charge on any atom is -0.353 e. The van der Waals surface area contributed by atoms with Crippen molar-refractivity contribution in [1.29, 1.82) is 0 Å². The van der Waals surface area contributed by atoms with Crippen LogP contribution in [0.1, 0.15) is 0 Å². The quantitative estimate of drug-likeness (QED) is 0.717. The predicted octanol–water partition coefficient (Wildman–Crippen LogP) is 0.714. The summed E-state index contributed by atoms with van der Waals surface area (Å²) in [6.45, 7) is 0.738. The Hall–Kier alpha value is -2.24. The zero-order valence-electron chi connectivity index (χ0n) is 14.9. The van der Waals surface area contributed by atoms with Crippen molar-refractivity contribution < 1.29 is 18.0 Å². The molecule has 12 heteroatoms. The maximum atomic E-state index is 13.3. The van der Waals surface area contributed by atoms with Gasteiger partial charge in [0.1, 0.15) is 12.6 Å². The molecule has 0 aliphatic carbocycles. The van der Waals surface area contributed by atoms with Gasteiger partial charge in [0.15, 0.2) is 0 Å². The SMILES string of the molecule is Cl.O=C(Cn1nnc(-c2ccccc2)n1)NCC(N1CCNCC1)C(F)(F)F. The molecule has 3 rings (SSSR count). The molecule has 2 N–H and O–H groups in total. The molecule has 0 saturated carbocycles. The molecule has 1 atom stereocenters. The Morgan fingerprint density at radius 1 is 1.21 bits per heavy atom. The number of piperazine rings is 1. The third-order valence-electron chi connectivity index (χ3n) is 4.23. The molecule has 1 aromatic heterocycles. The summed E-state index contributed by atoms with van der Waals surface area (Å²) >= 11 is 0. The molecular weight excluding hydrogens is 399 g/mol. The number of nitrogens with one attached hydrogen (secondary N) is 2. The van der Waals surface area contributed by atoms with E-state index in [1.165, 1.54) is 4.90 Å². The highest BCUT2D eigenvalue weighted by Gasteiger charge is 2.43. The summed E-state index contributed by atoms with van der Waals surface area (Å²) in [7, 11) is 0. The Bertz CT molecular complexity index is 750. The number of benzene rings is 1. The van der Waals surface area contributed by atoms with Crippen LogP contribution < -0.4 is 10.6 Å². The number of carbonyl (C=O) groups excluding carboxylic acids is 1. The van der Waals surface area contributed by atoms with Crippen LogP contribution >= 0.6 is 12.4 Å². The minimum absolute atomic E-state index is 0. The number of aromatic nitrogens is 4. The topological polar surface area (TPSA) is 88.0 Å². The molecule has 28 heavy (non-hydrogen) atoms. The zero-order chi connectivity index (χ0) is 19.3. The monoisotopic (exact) mass is 419 g/mol. The van der Waals surface area contributed by atoms with Gasteiger partial charge in [-0.15, -0.1) is 22.6 Å². The van der Waals surface area contributed by atoms with E-state index < -0.39 is 24.7 Å². The van der Waals surface area contributed by atoms with Gasteiger partial charge < -0.3 is 10.6 Å². The van der Waals surface area contributed by atoms with Gasteiger partial charge in [-0.05, 0) is 5.21 Å². The Balaban J connectivity index is 0.00000280. The van der Waals surface area contributed by atoms with Gasteiger partial charge in [0.05, 0.1) is 0 Å². The molecule has 1 aliphatic rings. The molecule has 1 aliphatic heterocycles. The molecule has 2 heterocycles. The van der Waals surface area contributed by atoms with Crippen LogP contribution in [-0.4, -0.2) is 76.0 Å². The predicted molar refractivity (Wildman–Crippen MR) is 97.8 cm³/mol. The fraction of sp³-hybridized carbons (Fsp3) is 0.500. The highest BCUT2D eigenvalue weighted by atomic mass is 35.5. The Labute approximate surface area is 165 Å². The summed E-state index contributed by atoms with van der Waals surface area (Å²) in [5.74, 6) is -0.256. The zero-order valence-corrected chi connectivity index (χ0v) is 15.7. The van der Waals surface area contributed by atoms with Crippen molar-refractivity contribution in [2.24, 2.45) is 0 Å². The van der Waals surface area contributed by atoms with Gasteiger partial charge in [-0.2, -0.15) is 18.0 Å². The van der Waals surface area contributed by atoms with Crippen molar-refractivity contribution in [1.82, 2.24) is 35.7 Å². The van der Waals surface area contributed by atoms with Crippen molar-refractivity contribution in [2.75, 3.05) is 32.7 Å². The van der Waals surface area contributed by atoms with Crippen molar-refractivity contribution in [3.05, 3.63) is 30.3 Å². The van der Waals surface area contributed by atoms with Crippen LogP contribution in [0.25, 0.3) is 11.4 Å². The van der Waals surface area contributed by atoms with Crippen molar-refractivity contribution >= 4 is 18.3 Å². The Morgan fingerprint density at radius 2 is 1.89 bits per heavy atom. The number of hydrogen-bond acceptors (Lipinski definition) is 6. The first-order valence-corrected chi connectivity index (χ1v) is 8.55. The second-order valence-electron chi connectivity index (χ2n) is 6.16. The van der Waals surface area contributed by atoms with E-state index in [0.29, 0.717) is 18.9 Å². The van der Waals surface area contributed by atoms with Gasteiger partial charge in [0, 0.05) is 38.3 Å². The standard InChI is InChI=1S/C16H20F3N7O.ClH/c17-16(18,19)13(25-8-6-20-7-9-25)10-21-14(27)11-26-23-15(22-24-26)12-4-2-1-3-5-12;/h1-5,13,20H,6-11H2,(H,21,27);1H. The van der Waals surface area contributed by atoms with Gasteiger partial charge in [0.2, 0.25) is 11.7 Å². The van der Waals surface area contributed by atoms with Crippen LogP contribution in [0.5, 0.6) is 0 Å². The third-order valence-corrected chi connectivity index (χ3v) is 4.23. The number of amides is 1. The molecule has 154 valence electrons. The second-order valence-corrected chi connectivity index (χ2v) is 6.16. The Morgan fingerprint density at radius 3 is 2.54 bits per heavy atom. The summed E-state index contributed by atoms with van der Waals surface area (Å²) in [5, 5.41) is 17.1. The second kappa shape index (κ2) is 9.80. The molecule has 1 fully saturated rings. The van der Waals surface area contributed by atoms with E-state index in [-0.39, 0.29) is 32.0 Å². The maximum Gasteiger partial charge on any atom is 0.405 e. The molecular formula is C16H21ClF3N7O. The summed E-state index contributed by atoms with van der Waals surface area (Å²) in [6.07, 6.45) is -4.42. The van der Waals surface area contributed by atoms with Crippen LogP contribution in [-0.2, 0) is 11.3 Å². The molecule has 0 bridgehead atoms. The van der Waals surface area contributed by atoms with Gasteiger partial charge in [0.25, 0.3) is 0 Å². The highest BCUT2D eigenvalue weighted by molar-refractivity contribution is 5.85. The number of nitrogens with zero attached hydrogens (tertiary/aromatic N) is 5. The number of hydrogen-bond donors (Lipinski definition) is 2. The minimum atomic E-state index is -4.42. The van der Waals surface area contributed by atoms with Crippen LogP contribution in [0.2, 0.25) is 0 Å². The number of rotatable bonds is 6. The van der Waals surface area contributed by atoms with Gasteiger partial charge >= 0.3 is 6.18 Å². The first kappa shape index (κ1) is 22.1. The number of alkyl halides is 3. The van der Waals surface area contributed by atoms with E-state index in [9.17, 15) is 18.0 Å². The van der Waals surface area contributed by atoms with E-state index in [1.54, 1.807) is 12.1 Å². The average Bonchev–Trinajstić information content (AvgIpc) is 3.11. The van der Waals surface area contributed by atoms with Crippen LogP contribution in [0.15, 0.2) is 30.3 Å². The molecule has 8 nitrogen and oxygen atoms in total. The summed E-state index contributed by atoms with van der Waals surface area (Å²) in [6, 6.07) is 7.35. The smallest absolute Gasteiger partial charge is 0.353 e. The van der Waals surface area contributed by atoms with Crippen LogP contribution in [0.3, 0.4) is 0 Å². The summed E-state index contributed by atoms with van der Waals surface area (Å²) in [5.41, 5.74) is 0.736. The van der Waals surface area contributed by atoms with Crippen molar-refractivity contribution in [2.45, 2.75) is 18.8 Å². The van der Waals surface area contributed by atoms with E-state index in [2.05, 4.69) is 26.0 Å². The molecule has 1 amide bonds. The maximum absolute atomic E-state index is 13.3. The summed E-state index contributed by atoms with van der Waals surface area (Å²) < 4.78 is 40.0. The van der Waals surface area contributed by atoms with E-state index in [4.69, 9.17) is 0 Å². The molecule has 0 spiro atoms. The van der Waals surface area contributed by atoms with Gasteiger partial charge in [-0.25, -0.2) is 0 Å². The van der Waals surface area contributed by atoms with Crippen molar-refractivity contribution in [3.63, 3.8) is 0 Å². The molecule has 0 radical (unpaired) electrons. The van der Waals surface area contributed by atoms with Crippen molar-refractivity contribution in [3.8, 4) is 11.4 Å². The molecule has 1 saturated heterocycles. The van der Waals surface area contributed by atoms with Crippen LogP contribution in [0.4, 0.5) is 13.2 Å². The van der Waals surface area contributed by atoms with E-state index >= 15 is 0 Å². The van der Waals surface area contributed by atoms with Gasteiger partial charge in [-0.1, -0.05) is 30.3 Å². The van der Waals surface area contributed by atoms with Crippen LogP contribution in [0, 0.1) is 0 Å². The number of halogens is 4. The lowest BCUT2D eigenvalue weighted by Gasteiger charge is -2.35. The fourth-order valence-corrected chi connectivity index (χ4v) is 2.85. The molecule has 1 unspecified atom stereocenters. The third kappa shape index (κ3) is 5.88. The first-order valence-electron chi connectivity index (χ1n) is 8.55. The lowest BCUT2D eigenvalue weighted by atomic mass is 10.2. The fourth-order valence-electron chi connectivity index (χ4n) is 2.85. The average molecular weight is 420 g/mol. The lowest BCUT2D eigenvalue weighted by Crippen LogP contribution is -2.57. The van der Waals surface area contributed by atoms with E-state index in [1.807, 2.05) is 18.2 Å². The molecule has 2 aromatic rings.